The number of carbonyl (C=O) groups is 13. The summed E-state index contributed by atoms with van der Waals surface area (Å²) in [5, 5.41) is 82.5. The van der Waals surface area contributed by atoms with Crippen LogP contribution in [0, 0.1) is 11.3 Å². The van der Waals surface area contributed by atoms with Crippen molar-refractivity contribution in [1.29, 1.82) is 0 Å². The molecule has 1 saturated carbocycles. The maximum absolute atomic E-state index is 15.0. The first-order valence-electron chi connectivity index (χ1n) is 37.8. The minimum absolute atomic E-state index is 0.0128. The molecule has 0 unspecified atom stereocenters. The number of carboxylic acids is 1. The third-order valence-electron chi connectivity index (χ3n) is 19.4. The second-order valence-electron chi connectivity index (χ2n) is 29.6. The molecular formula is C78H107N15O18S2. The maximum Gasteiger partial charge on any atom is 0.305 e. The van der Waals surface area contributed by atoms with Crippen molar-refractivity contribution in [2.45, 2.75) is 222 Å². The first-order valence-corrected chi connectivity index (χ1v) is 40.1. The number of phenolic OH excluding ortho intramolecular Hbond substituents is 2. The molecule has 21 N–H and O–H groups in total. The van der Waals surface area contributed by atoms with E-state index in [2.05, 4.69) is 68.5 Å². The van der Waals surface area contributed by atoms with Gasteiger partial charge in [0.2, 0.25) is 70.9 Å². The number of benzene rings is 3. The highest BCUT2D eigenvalue weighted by atomic mass is 32.2. The van der Waals surface area contributed by atoms with E-state index in [1.165, 1.54) is 98.3 Å². The van der Waals surface area contributed by atoms with Crippen molar-refractivity contribution in [2.24, 2.45) is 22.8 Å². The molecule has 3 aromatic carbocycles. The Morgan fingerprint density at radius 1 is 0.566 bits per heavy atom. The largest absolute Gasteiger partial charge is 0.508 e. The summed E-state index contributed by atoms with van der Waals surface area (Å²) >= 11 is 2.69. The zero-order chi connectivity index (χ0) is 82.6. The number of aromatic nitrogens is 2. The van der Waals surface area contributed by atoms with E-state index in [4.69, 9.17) is 11.5 Å². The first kappa shape index (κ1) is 89.8. The predicted octanol–water partition coefficient (Wildman–Crippen LogP) is 0.792. The van der Waals surface area contributed by atoms with E-state index < -0.39 is 173 Å². The number of H-pyrrole nitrogens is 1. The van der Waals surface area contributed by atoms with Crippen molar-refractivity contribution in [2.75, 3.05) is 18.1 Å². The summed E-state index contributed by atoms with van der Waals surface area (Å²) in [4.78, 5) is 194. The Morgan fingerprint density at radius 3 is 1.62 bits per heavy atom. The lowest BCUT2D eigenvalue weighted by atomic mass is 9.83. The van der Waals surface area contributed by atoms with E-state index in [0.29, 0.717) is 70.7 Å². The SMILES string of the molecule is CCC[C@@H]1NC(=O)[C@H](Cc2c[nH]c3ncccc23)NC(=O)[C@H]([C@@H](C)O)NC(=O)[C@H](CCCN)NC(=O)[C@H](Cc2ccc(O)cc2)NC(=O)[C@H](C(C)(C)C)NC(=O)CCSCc2cccc(c2)CSC[C@@H](C(N)=O)NC(=O)[C@H]([C@@H](C)O)NC(=O)[C@H](C2CCCCC2)NC(=O)[C@H](Cc2ccc(O)cc2)NC(=O)[C@H](CC(=O)O)NC1=O. The number of nitrogens with one attached hydrogen (secondary N) is 12. The summed E-state index contributed by atoms with van der Waals surface area (Å²) < 4.78 is 0. The number of aromatic hydroxyl groups is 2. The molecule has 13 atom stereocenters. The number of amides is 12. The van der Waals surface area contributed by atoms with E-state index in [-0.39, 0.29) is 75.2 Å². The van der Waals surface area contributed by atoms with Gasteiger partial charge in [-0.25, -0.2) is 4.98 Å². The Bertz CT molecular complexity index is 4120. The molecule has 2 bridgehead atoms. The smallest absolute Gasteiger partial charge is 0.305 e. The standard InChI is InChI=1S/C78H107N15O18S2/c1-7-14-53-68(102)86-58(37-61(99)100)72(106)85-56(35-45-23-27-51(97)28-24-45)73(107)93-64(48-17-9-8-10-18-48)76(110)92-63(43(3)95)75(109)89-59(66(80)101)41-113-40-47-16-11-15-46(33-47)39-112-32-29-60(98)90-65(78(4,5)6)77(111)88-55(34-44-21-25-50(96)26-22-44)70(104)84-54(20-12-30-79)69(103)91-62(42(2)94)74(108)87-57(71(105)83-53)36-49-38-82-67-52(49)19-13-31-81-67/h11,13,15-16,19,21-28,31,33,38,42-43,48,53-59,62-65,94-97H,7-10,12,14,17-18,20,29-30,32,34-37,39-41,79H2,1-6H3,(H2,80,101)(H,81,82)(H,83,105)(H,84,104)(H,85,106)(H,86,102)(H,87,108)(H,88,111)(H,89,109)(H,90,98)(H,91,103)(H,92,110)(H,93,107)(H,99,100)/t42-,43-,53+,54+,55+,56+,57+,58+,59+,62+,63+,64+,65-/m1/s1. The van der Waals surface area contributed by atoms with Crippen LogP contribution in [0.4, 0.5) is 0 Å². The zero-order valence-corrected chi connectivity index (χ0v) is 65.9. The van der Waals surface area contributed by atoms with Crippen LogP contribution in [0.25, 0.3) is 11.0 Å². The van der Waals surface area contributed by atoms with Gasteiger partial charge in [0.05, 0.1) is 18.6 Å². The van der Waals surface area contributed by atoms with Gasteiger partial charge in [0, 0.05) is 66.5 Å². The summed E-state index contributed by atoms with van der Waals surface area (Å²) in [5.74, 6) is -12.9. The molecular weight excluding hydrogens is 1500 g/mol. The number of thioether (sulfide) groups is 2. The molecule has 614 valence electrons. The molecule has 35 heteroatoms. The van der Waals surface area contributed by atoms with Crippen molar-refractivity contribution < 1.29 is 87.9 Å². The molecule has 1 aliphatic heterocycles. The summed E-state index contributed by atoms with van der Waals surface area (Å²) in [7, 11) is 0. The van der Waals surface area contributed by atoms with Crippen LogP contribution < -0.4 is 70.0 Å². The van der Waals surface area contributed by atoms with Crippen molar-refractivity contribution in [1.82, 2.24) is 68.5 Å². The van der Waals surface area contributed by atoms with Gasteiger partial charge in [0.15, 0.2) is 0 Å². The third-order valence-corrected chi connectivity index (χ3v) is 21.5. The van der Waals surface area contributed by atoms with Gasteiger partial charge in [-0.15, -0.1) is 0 Å². The van der Waals surface area contributed by atoms with Gasteiger partial charge >= 0.3 is 5.97 Å². The summed E-state index contributed by atoms with van der Waals surface area (Å²) in [6.07, 6.45) is 0.511. The molecule has 0 spiro atoms. The van der Waals surface area contributed by atoms with Gasteiger partial charge in [-0.1, -0.05) is 102 Å². The van der Waals surface area contributed by atoms with Gasteiger partial charge < -0.3 is 100 Å². The van der Waals surface area contributed by atoms with Crippen LogP contribution in [0.15, 0.2) is 97.3 Å². The topological polar surface area (TPSA) is 536 Å². The Hall–Kier alpha value is -10.4. The Labute approximate surface area is 663 Å². The van der Waals surface area contributed by atoms with Gasteiger partial charge in [-0.2, -0.15) is 23.5 Å². The molecule has 0 saturated heterocycles. The lowest BCUT2D eigenvalue weighted by Crippen LogP contribution is -2.63. The quantitative estimate of drug-likeness (QED) is 0.0612. The van der Waals surface area contributed by atoms with Gasteiger partial charge in [-0.3, -0.25) is 62.3 Å². The number of aliphatic carboxylic acids is 1. The van der Waals surface area contributed by atoms with Crippen molar-refractivity contribution in [3.05, 3.63) is 125 Å². The van der Waals surface area contributed by atoms with Crippen LogP contribution in [0.2, 0.25) is 0 Å². The van der Waals surface area contributed by atoms with Gasteiger partial charge in [0.25, 0.3) is 0 Å². The molecule has 113 heavy (non-hydrogen) atoms. The predicted molar refractivity (Wildman–Crippen MR) is 422 cm³/mol. The monoisotopic (exact) mass is 1610 g/mol. The number of carbonyl (C=O) groups excluding carboxylic acids is 12. The van der Waals surface area contributed by atoms with E-state index in [1.54, 1.807) is 39.8 Å². The Kier molecular flexibility index (Phi) is 34.7. The van der Waals surface area contributed by atoms with Crippen LogP contribution in [-0.2, 0) is 93.1 Å². The second-order valence-corrected chi connectivity index (χ2v) is 31.8. The molecule has 2 aliphatic rings. The first-order chi connectivity index (χ1) is 53.7. The number of aliphatic hydroxyl groups is 2. The van der Waals surface area contributed by atoms with Crippen LogP contribution >= 0.6 is 23.5 Å². The van der Waals surface area contributed by atoms with E-state index in [1.807, 2.05) is 24.3 Å². The number of carboxylic acid groups (broad SMARTS) is 1. The number of fused-ring (bicyclic) bond motifs is 3. The minimum Gasteiger partial charge on any atom is -0.508 e. The number of nitrogens with zero attached hydrogens (tertiary/aromatic N) is 1. The molecule has 33 nitrogen and oxygen atoms in total. The maximum atomic E-state index is 15.0. The van der Waals surface area contributed by atoms with Crippen LogP contribution in [0.3, 0.4) is 0 Å². The Morgan fingerprint density at radius 2 is 1.06 bits per heavy atom. The lowest BCUT2D eigenvalue weighted by Gasteiger charge is -2.33. The van der Waals surface area contributed by atoms with E-state index in [9.17, 15) is 87.9 Å². The molecule has 5 aromatic rings. The fourth-order valence-electron chi connectivity index (χ4n) is 13.2. The number of hydrogen-bond donors (Lipinski definition) is 19. The van der Waals surface area contributed by atoms with Crippen molar-refractivity contribution in [3.63, 3.8) is 0 Å². The number of aromatic amines is 1. The number of hydrogen-bond acceptors (Lipinski definition) is 21. The number of rotatable bonds is 17. The number of aliphatic hydroxyl groups excluding tert-OH is 2. The van der Waals surface area contributed by atoms with Crippen molar-refractivity contribution in [3.8, 4) is 11.5 Å². The second kappa shape index (κ2) is 43.6. The number of nitrogens with two attached hydrogens (primary N) is 2. The molecule has 7 rings (SSSR count). The van der Waals surface area contributed by atoms with Crippen LogP contribution in [-0.4, -0.2) is 209 Å². The summed E-state index contributed by atoms with van der Waals surface area (Å²) in [6.45, 7) is 9.21. The summed E-state index contributed by atoms with van der Waals surface area (Å²) in [6, 6.07) is 4.57. The molecule has 0 radical (unpaired) electrons. The zero-order valence-electron chi connectivity index (χ0n) is 64.2. The molecule has 1 fully saturated rings. The number of phenols is 2. The van der Waals surface area contributed by atoms with Crippen molar-refractivity contribution >= 4 is 111 Å². The molecule has 1 aliphatic carbocycles. The fraction of sp³-hybridized carbons (Fsp3) is 0.513. The number of primary amides is 1. The Balaban J connectivity index is 1.25. The molecule has 12 amide bonds. The van der Waals surface area contributed by atoms with Gasteiger partial charge in [0.1, 0.15) is 83.6 Å². The number of pyridine rings is 1. The average molecular weight is 1610 g/mol. The highest BCUT2D eigenvalue weighted by Crippen LogP contribution is 2.29. The van der Waals surface area contributed by atoms with Crippen LogP contribution in [0.1, 0.15) is 140 Å². The summed E-state index contributed by atoms with van der Waals surface area (Å²) in [5.41, 5.74) is 14.1. The highest BCUT2D eigenvalue weighted by Gasteiger charge is 2.41. The third kappa shape index (κ3) is 28.1. The minimum atomic E-state index is -1.99. The fourth-order valence-corrected chi connectivity index (χ4v) is 15.1. The van der Waals surface area contributed by atoms with Gasteiger partial charge in [-0.05, 0) is 128 Å². The van der Waals surface area contributed by atoms with Crippen LogP contribution in [0.5, 0.6) is 11.5 Å². The normalized spacial score (nSPS) is 24.5. The highest BCUT2D eigenvalue weighted by molar-refractivity contribution is 7.98. The van der Waals surface area contributed by atoms with E-state index in [0.717, 1.165) is 17.5 Å². The van der Waals surface area contributed by atoms with E-state index >= 15 is 0 Å². The molecule has 2 aromatic heterocycles. The molecule has 3 heterocycles. The average Bonchev–Trinajstić information content (AvgIpc) is 1.67. The lowest BCUT2D eigenvalue weighted by molar-refractivity contribution is -0.141.